The van der Waals surface area contributed by atoms with Gasteiger partial charge in [-0.1, -0.05) is 12.8 Å². The Hall–Kier alpha value is -1.03. The fourth-order valence-electron chi connectivity index (χ4n) is 2.42. The fraction of sp³-hybridized carbons (Fsp3) is 0.500. The molecule has 4 heteroatoms. The molecule has 0 radical (unpaired) electrons. The van der Waals surface area contributed by atoms with Crippen molar-refractivity contribution in [2.75, 3.05) is 0 Å². The molecular weight excluding hydrogens is 215 g/mol. The minimum atomic E-state index is -0.905. The van der Waals surface area contributed by atoms with E-state index in [-0.39, 0.29) is 11.5 Å². The van der Waals surface area contributed by atoms with Crippen molar-refractivity contribution >= 4 is 0 Å². The summed E-state index contributed by atoms with van der Waals surface area (Å²) in [4.78, 5) is 0. The Balaban J connectivity index is 2.31. The highest BCUT2D eigenvalue weighted by molar-refractivity contribution is 5.24. The van der Waals surface area contributed by atoms with Crippen LogP contribution in [0.3, 0.4) is 0 Å². The Morgan fingerprint density at radius 1 is 1.06 bits per heavy atom. The van der Waals surface area contributed by atoms with Crippen LogP contribution in [-0.4, -0.2) is 0 Å². The molecule has 0 bridgehead atoms. The van der Waals surface area contributed by atoms with Gasteiger partial charge in [-0.2, -0.15) is 0 Å². The third-order valence-corrected chi connectivity index (χ3v) is 3.28. The topological polar surface area (TPSA) is 26.0 Å². The SMILES string of the molecule is NC(c1c(F)cc(F)cc1F)C1CCCC1. The zero-order valence-corrected chi connectivity index (χ0v) is 8.85. The second kappa shape index (κ2) is 4.45. The van der Waals surface area contributed by atoms with Crippen LogP contribution in [0, 0.1) is 23.4 Å². The standard InChI is InChI=1S/C12H14F3N/c13-8-5-9(14)11(10(15)6-8)12(16)7-3-1-2-4-7/h5-7,12H,1-4,16H2. The van der Waals surface area contributed by atoms with Crippen molar-refractivity contribution in [3.8, 4) is 0 Å². The lowest BCUT2D eigenvalue weighted by Crippen LogP contribution is -2.22. The van der Waals surface area contributed by atoms with Crippen LogP contribution >= 0.6 is 0 Å². The van der Waals surface area contributed by atoms with Gasteiger partial charge in [-0.05, 0) is 18.8 Å². The Kier molecular flexibility index (Phi) is 3.19. The van der Waals surface area contributed by atoms with Crippen LogP contribution in [0.2, 0.25) is 0 Å². The van der Waals surface area contributed by atoms with Crippen molar-refractivity contribution < 1.29 is 13.2 Å². The van der Waals surface area contributed by atoms with Crippen molar-refractivity contribution in [2.24, 2.45) is 11.7 Å². The maximum absolute atomic E-state index is 13.5. The van der Waals surface area contributed by atoms with Gasteiger partial charge in [0.05, 0.1) is 0 Å². The summed E-state index contributed by atoms with van der Waals surface area (Å²) in [5, 5.41) is 0. The van der Waals surface area contributed by atoms with Crippen LogP contribution in [0.4, 0.5) is 13.2 Å². The Morgan fingerprint density at radius 3 is 2.06 bits per heavy atom. The maximum atomic E-state index is 13.5. The molecule has 0 aliphatic heterocycles. The maximum Gasteiger partial charge on any atom is 0.133 e. The first-order valence-electron chi connectivity index (χ1n) is 5.49. The fourth-order valence-corrected chi connectivity index (χ4v) is 2.42. The first-order chi connectivity index (χ1) is 7.59. The van der Waals surface area contributed by atoms with E-state index in [0.29, 0.717) is 12.1 Å². The number of benzene rings is 1. The highest BCUT2D eigenvalue weighted by Gasteiger charge is 2.28. The van der Waals surface area contributed by atoms with E-state index < -0.39 is 23.5 Å². The van der Waals surface area contributed by atoms with Gasteiger partial charge in [0.25, 0.3) is 0 Å². The van der Waals surface area contributed by atoms with Gasteiger partial charge in [0.15, 0.2) is 0 Å². The lowest BCUT2D eigenvalue weighted by Gasteiger charge is -2.20. The van der Waals surface area contributed by atoms with Crippen molar-refractivity contribution in [3.63, 3.8) is 0 Å². The van der Waals surface area contributed by atoms with Crippen LogP contribution < -0.4 is 5.73 Å². The van der Waals surface area contributed by atoms with E-state index in [0.717, 1.165) is 25.7 Å². The Labute approximate surface area is 92.5 Å². The van der Waals surface area contributed by atoms with Gasteiger partial charge >= 0.3 is 0 Å². The first kappa shape index (κ1) is 11.5. The van der Waals surface area contributed by atoms with Gasteiger partial charge in [0.2, 0.25) is 0 Å². The number of hydrogen-bond donors (Lipinski definition) is 1. The van der Waals surface area contributed by atoms with E-state index in [4.69, 9.17) is 5.73 Å². The van der Waals surface area contributed by atoms with Gasteiger partial charge in [-0.25, -0.2) is 13.2 Å². The number of rotatable bonds is 2. The molecule has 2 N–H and O–H groups in total. The smallest absolute Gasteiger partial charge is 0.133 e. The van der Waals surface area contributed by atoms with Crippen LogP contribution in [0.5, 0.6) is 0 Å². The van der Waals surface area contributed by atoms with Crippen molar-refractivity contribution in [3.05, 3.63) is 35.1 Å². The molecule has 0 spiro atoms. The Bertz CT molecular complexity index is 363. The van der Waals surface area contributed by atoms with E-state index in [1.165, 1.54) is 0 Å². The molecule has 1 saturated carbocycles. The summed E-state index contributed by atoms with van der Waals surface area (Å²) in [5.74, 6) is -2.55. The summed E-state index contributed by atoms with van der Waals surface area (Å²) in [5.41, 5.74) is 5.68. The normalized spacial score (nSPS) is 19.0. The van der Waals surface area contributed by atoms with Crippen molar-refractivity contribution in [1.29, 1.82) is 0 Å². The second-order valence-corrected chi connectivity index (χ2v) is 4.35. The number of hydrogen-bond acceptors (Lipinski definition) is 1. The predicted molar refractivity (Wildman–Crippen MR) is 55.2 cm³/mol. The van der Waals surface area contributed by atoms with E-state index in [1.807, 2.05) is 0 Å². The summed E-state index contributed by atoms with van der Waals surface area (Å²) in [7, 11) is 0. The lowest BCUT2D eigenvalue weighted by atomic mass is 9.92. The molecule has 1 aliphatic carbocycles. The second-order valence-electron chi connectivity index (χ2n) is 4.35. The third-order valence-electron chi connectivity index (χ3n) is 3.28. The zero-order chi connectivity index (χ0) is 11.7. The summed E-state index contributed by atoms with van der Waals surface area (Å²) >= 11 is 0. The first-order valence-corrected chi connectivity index (χ1v) is 5.49. The van der Waals surface area contributed by atoms with Crippen LogP contribution in [-0.2, 0) is 0 Å². The van der Waals surface area contributed by atoms with Gasteiger partial charge in [0, 0.05) is 23.7 Å². The summed E-state index contributed by atoms with van der Waals surface area (Å²) in [6.45, 7) is 0. The van der Waals surface area contributed by atoms with Crippen molar-refractivity contribution in [2.45, 2.75) is 31.7 Å². The molecule has 1 aromatic rings. The van der Waals surface area contributed by atoms with E-state index >= 15 is 0 Å². The molecule has 1 aromatic carbocycles. The molecule has 1 unspecified atom stereocenters. The van der Waals surface area contributed by atoms with Crippen LogP contribution in [0.25, 0.3) is 0 Å². The number of halogens is 3. The summed E-state index contributed by atoms with van der Waals surface area (Å²) < 4.78 is 39.6. The van der Waals surface area contributed by atoms with Crippen LogP contribution in [0.15, 0.2) is 12.1 Å². The van der Waals surface area contributed by atoms with Crippen molar-refractivity contribution in [1.82, 2.24) is 0 Å². The molecule has 1 nitrogen and oxygen atoms in total. The highest BCUT2D eigenvalue weighted by atomic mass is 19.1. The monoisotopic (exact) mass is 229 g/mol. The van der Waals surface area contributed by atoms with E-state index in [1.54, 1.807) is 0 Å². The predicted octanol–water partition coefficient (Wildman–Crippen LogP) is 3.29. The number of nitrogens with two attached hydrogens (primary N) is 1. The van der Waals surface area contributed by atoms with E-state index in [2.05, 4.69) is 0 Å². The molecule has 0 saturated heterocycles. The molecule has 1 fully saturated rings. The highest BCUT2D eigenvalue weighted by Crippen LogP contribution is 2.36. The van der Waals surface area contributed by atoms with Gasteiger partial charge in [-0.3, -0.25) is 0 Å². The molecule has 16 heavy (non-hydrogen) atoms. The average molecular weight is 229 g/mol. The Morgan fingerprint density at radius 2 is 1.56 bits per heavy atom. The van der Waals surface area contributed by atoms with Gasteiger partial charge in [0.1, 0.15) is 17.5 Å². The van der Waals surface area contributed by atoms with Gasteiger partial charge < -0.3 is 5.73 Å². The quantitative estimate of drug-likeness (QED) is 0.827. The molecule has 1 atom stereocenters. The summed E-state index contributed by atoms with van der Waals surface area (Å²) in [6, 6.07) is 0.712. The van der Waals surface area contributed by atoms with E-state index in [9.17, 15) is 13.2 Å². The molecule has 1 aliphatic rings. The summed E-state index contributed by atoms with van der Waals surface area (Å²) in [6.07, 6.45) is 3.86. The molecule has 2 rings (SSSR count). The molecule has 88 valence electrons. The average Bonchev–Trinajstić information content (AvgIpc) is 2.67. The zero-order valence-electron chi connectivity index (χ0n) is 8.85. The molecular formula is C12H14F3N. The van der Waals surface area contributed by atoms with Crippen LogP contribution in [0.1, 0.15) is 37.3 Å². The molecule has 0 heterocycles. The molecule has 0 amide bonds. The largest absolute Gasteiger partial charge is 0.324 e. The van der Waals surface area contributed by atoms with Gasteiger partial charge in [-0.15, -0.1) is 0 Å². The molecule has 0 aromatic heterocycles. The minimum Gasteiger partial charge on any atom is -0.324 e. The third kappa shape index (κ3) is 2.07. The minimum absolute atomic E-state index is 0.106. The lowest BCUT2D eigenvalue weighted by molar-refractivity contribution is 0.406.